The van der Waals surface area contributed by atoms with Crippen LogP contribution in [0, 0.1) is 9.54 Å². The fraction of sp³-hybridized carbons (Fsp3) is 0. The van der Waals surface area contributed by atoms with E-state index in [1.54, 1.807) is 0 Å². The van der Waals surface area contributed by atoms with Crippen LogP contribution in [0.2, 0.25) is 0 Å². The molecule has 10 nitrogen and oxygen atoms in total. The molecular weight excluding hydrogens is 232 g/mol. The zero-order valence-corrected chi connectivity index (χ0v) is 8.05. The second-order valence-electron chi connectivity index (χ2n) is 1.65. The van der Waals surface area contributed by atoms with E-state index in [4.69, 9.17) is 0 Å². The van der Waals surface area contributed by atoms with E-state index >= 15 is 0 Å². The van der Waals surface area contributed by atoms with Gasteiger partial charge in [-0.15, -0.1) is 0 Å². The summed E-state index contributed by atoms with van der Waals surface area (Å²) < 4.78 is 20.0. The van der Waals surface area contributed by atoms with Crippen molar-refractivity contribution in [3.05, 3.63) is 9.54 Å². The molecule has 14 heavy (non-hydrogen) atoms. The first-order chi connectivity index (χ1) is 6.86. The van der Waals surface area contributed by atoms with Crippen molar-refractivity contribution < 1.29 is 8.42 Å². The lowest BCUT2D eigenvalue weighted by molar-refractivity contribution is 0.698. The fourth-order valence-corrected chi connectivity index (χ4v) is 0.734. The first-order valence-corrected chi connectivity index (χ1v) is 4.52. The Balaban J connectivity index is 0.000000140. The molecule has 0 atom stereocenters. The van der Waals surface area contributed by atoms with Crippen LogP contribution < -0.4 is 0 Å². The summed E-state index contributed by atoms with van der Waals surface area (Å²) >= 11 is 0.530. The normalized spacial score (nSPS) is 8.57. The van der Waals surface area contributed by atoms with Crippen LogP contribution >= 0.6 is 0 Å². The number of tetrazole rings is 2. The quantitative estimate of drug-likeness (QED) is 0.380. The van der Waals surface area contributed by atoms with Crippen LogP contribution in [0.3, 0.4) is 0 Å². The Morgan fingerprint density at radius 2 is 1.29 bits per heavy atom. The van der Waals surface area contributed by atoms with Crippen molar-refractivity contribution >= 4 is 22.5 Å². The molecule has 2 aromatic rings. The van der Waals surface area contributed by atoms with Crippen LogP contribution in [0.15, 0.2) is 0 Å². The largest absolute Gasteiger partial charge is 0.264 e. The minimum Gasteiger partial charge on any atom is -0.254 e. The van der Waals surface area contributed by atoms with E-state index in [1.165, 1.54) is 0 Å². The number of hydrogen-bond donors (Lipinski definition) is 4. The Hall–Kier alpha value is -1.82. The van der Waals surface area contributed by atoms with Crippen molar-refractivity contribution in [2.24, 2.45) is 0 Å². The van der Waals surface area contributed by atoms with Gasteiger partial charge in [-0.1, -0.05) is 20.6 Å². The molecule has 0 amide bonds. The summed E-state index contributed by atoms with van der Waals surface area (Å²) in [5, 5.41) is 22.5. The van der Waals surface area contributed by atoms with Gasteiger partial charge in [0, 0.05) is 0 Å². The molecular formula is C2H4N8O2S2. The van der Waals surface area contributed by atoms with Crippen LogP contribution in [-0.4, -0.2) is 49.7 Å². The second kappa shape index (κ2) is 5.76. The molecule has 0 aliphatic rings. The van der Waals surface area contributed by atoms with Crippen molar-refractivity contribution in [3.8, 4) is 0 Å². The summed E-state index contributed by atoms with van der Waals surface area (Å²) in [5.74, 6) is 0. The van der Waals surface area contributed by atoms with Gasteiger partial charge in [-0.3, -0.25) is 10.2 Å². The van der Waals surface area contributed by atoms with Crippen LogP contribution in [0.25, 0.3) is 0 Å². The molecule has 0 saturated carbocycles. The predicted octanol–water partition coefficient (Wildman–Crippen LogP) is -2.24. The van der Waals surface area contributed by atoms with E-state index in [-0.39, 0.29) is 32.1 Å². The van der Waals surface area contributed by atoms with Crippen molar-refractivity contribution in [2.75, 3.05) is 0 Å². The van der Waals surface area contributed by atoms with E-state index in [0.29, 0.717) is 0 Å². The predicted molar refractivity (Wildman–Crippen MR) is 44.2 cm³/mol. The van der Waals surface area contributed by atoms with Gasteiger partial charge >= 0.3 is 0 Å². The summed E-state index contributed by atoms with van der Waals surface area (Å²) in [6.07, 6.45) is 0. The number of nitrogens with zero attached hydrogens (tertiary/aromatic N) is 4. The molecule has 0 unspecified atom stereocenters. The average molecular weight is 236 g/mol. The third-order valence-corrected chi connectivity index (χ3v) is 1.55. The summed E-state index contributed by atoms with van der Waals surface area (Å²) in [5.41, 5.74) is 0. The van der Waals surface area contributed by atoms with Crippen LogP contribution in [0.5, 0.6) is 0 Å². The first kappa shape index (κ1) is 10.3. The number of rotatable bonds is 0. The molecule has 2 rings (SSSR count). The highest BCUT2D eigenvalue weighted by molar-refractivity contribution is 7.56. The van der Waals surface area contributed by atoms with Crippen molar-refractivity contribution in [1.82, 2.24) is 41.2 Å². The number of nitrogens with one attached hydrogen (secondary N) is 4. The Morgan fingerprint density at radius 3 is 1.43 bits per heavy atom. The molecule has 0 aromatic carbocycles. The molecule has 2 heterocycles. The molecule has 0 bridgehead atoms. The van der Waals surface area contributed by atoms with Gasteiger partial charge in [0.15, 0.2) is 0 Å². The third-order valence-electron chi connectivity index (χ3n) is 0.865. The minimum absolute atomic E-state index is 0.250. The summed E-state index contributed by atoms with van der Waals surface area (Å²) in [7, 11) is 0. The summed E-state index contributed by atoms with van der Waals surface area (Å²) in [6, 6.07) is 0. The monoisotopic (exact) mass is 236 g/mol. The molecule has 0 aliphatic carbocycles. The summed E-state index contributed by atoms with van der Waals surface area (Å²) in [4.78, 5) is 0. The number of H-pyrrole nitrogens is 4. The van der Waals surface area contributed by atoms with E-state index < -0.39 is 0 Å². The molecule has 0 saturated heterocycles. The maximum Gasteiger partial charge on any atom is 0.264 e. The SMILES string of the molecule is O=S=c1nn[nH][nH]1.O=S=c1nn[nH][nH]1. The second-order valence-corrected chi connectivity index (χ2v) is 2.76. The highest BCUT2D eigenvalue weighted by Gasteiger charge is 1.73. The lowest BCUT2D eigenvalue weighted by atomic mass is 11.4. The first-order valence-electron chi connectivity index (χ1n) is 3.04. The average Bonchev–Trinajstić information content (AvgIpc) is 2.92. The Morgan fingerprint density at radius 1 is 0.857 bits per heavy atom. The molecule has 0 aliphatic heterocycles. The Bertz CT molecular complexity index is 452. The number of aromatic amines is 4. The molecule has 2 aromatic heterocycles. The van der Waals surface area contributed by atoms with Gasteiger partial charge in [-0.05, 0) is 0 Å². The van der Waals surface area contributed by atoms with Crippen molar-refractivity contribution in [2.45, 2.75) is 0 Å². The fourth-order valence-electron chi connectivity index (χ4n) is 0.411. The number of hydrogen-bond acceptors (Lipinski definition) is 6. The van der Waals surface area contributed by atoms with E-state index in [2.05, 4.69) is 41.2 Å². The zero-order valence-electron chi connectivity index (χ0n) is 6.42. The molecule has 0 fully saturated rings. The Kier molecular flexibility index (Phi) is 4.22. The van der Waals surface area contributed by atoms with Gasteiger partial charge in [0.25, 0.3) is 9.54 Å². The van der Waals surface area contributed by atoms with Gasteiger partial charge < -0.3 is 0 Å². The lowest BCUT2D eigenvalue weighted by Crippen LogP contribution is -1.64. The van der Waals surface area contributed by atoms with E-state index in [0.717, 1.165) is 0 Å². The van der Waals surface area contributed by atoms with Gasteiger partial charge in [0.2, 0.25) is 0 Å². The smallest absolute Gasteiger partial charge is 0.254 e. The van der Waals surface area contributed by atoms with Gasteiger partial charge in [0.1, 0.15) is 22.5 Å². The molecule has 76 valence electrons. The van der Waals surface area contributed by atoms with Crippen LogP contribution in [0.1, 0.15) is 0 Å². The standard InChI is InChI=1S/2CH2N4OS/c2*6-7-1-2-4-5-3-1/h2*(H,2,5)(H,3,4). The molecule has 0 radical (unpaired) electrons. The van der Waals surface area contributed by atoms with Gasteiger partial charge in [0.05, 0.1) is 0 Å². The van der Waals surface area contributed by atoms with E-state index in [1.807, 2.05) is 0 Å². The van der Waals surface area contributed by atoms with Gasteiger partial charge in [-0.25, -0.2) is 8.42 Å². The highest BCUT2D eigenvalue weighted by atomic mass is 32.1. The van der Waals surface area contributed by atoms with E-state index in [9.17, 15) is 8.42 Å². The topological polar surface area (TPSA) is 149 Å². The van der Waals surface area contributed by atoms with Crippen molar-refractivity contribution in [3.63, 3.8) is 0 Å². The lowest BCUT2D eigenvalue weighted by Gasteiger charge is -1.52. The van der Waals surface area contributed by atoms with Crippen LogP contribution in [-0.2, 0) is 22.5 Å². The molecule has 4 N–H and O–H groups in total. The van der Waals surface area contributed by atoms with Crippen LogP contribution in [0.4, 0.5) is 0 Å². The third kappa shape index (κ3) is 3.28. The zero-order chi connectivity index (χ0) is 10.2. The maximum atomic E-state index is 9.76. The Labute approximate surface area is 82.3 Å². The maximum absolute atomic E-state index is 9.76. The molecule has 0 spiro atoms. The summed E-state index contributed by atoms with van der Waals surface area (Å²) in [6.45, 7) is 0. The minimum atomic E-state index is 0.250. The van der Waals surface area contributed by atoms with Crippen molar-refractivity contribution in [1.29, 1.82) is 0 Å². The highest BCUT2D eigenvalue weighted by Crippen LogP contribution is 1.56. The number of aromatic nitrogens is 8. The molecule has 12 heteroatoms. The van der Waals surface area contributed by atoms with Gasteiger partial charge in [-0.2, -0.15) is 10.4 Å².